The van der Waals surface area contributed by atoms with Gasteiger partial charge in [0, 0.05) is 12.4 Å². The summed E-state index contributed by atoms with van der Waals surface area (Å²) in [4.78, 5) is 17.2. The lowest BCUT2D eigenvalue weighted by molar-refractivity contribution is -0.116. The molecule has 1 N–H and O–H groups in total. The van der Waals surface area contributed by atoms with Crippen LogP contribution in [0, 0.1) is 6.92 Å². The molecule has 0 saturated heterocycles. The van der Waals surface area contributed by atoms with Gasteiger partial charge in [0.1, 0.15) is 12.4 Å². The third-order valence-electron chi connectivity index (χ3n) is 2.32. The Morgan fingerprint density at radius 2 is 2.35 bits per heavy atom. The maximum atomic E-state index is 11.7. The minimum Gasteiger partial charge on any atom is -0.326 e. The van der Waals surface area contributed by atoms with Crippen molar-refractivity contribution in [3.63, 3.8) is 0 Å². The fourth-order valence-electron chi connectivity index (χ4n) is 1.41. The molecule has 1 amide bonds. The average Bonchev–Trinajstić information content (AvgIpc) is 2.89. The number of anilines is 1. The number of hydrogen-bond acceptors (Lipinski definition) is 4. The van der Waals surface area contributed by atoms with Crippen molar-refractivity contribution >= 4 is 11.7 Å². The normalized spacial score (nSPS) is 10.5. The molecule has 0 aliphatic carbocycles. The Morgan fingerprint density at radius 3 is 2.94 bits per heavy atom. The van der Waals surface area contributed by atoms with Crippen LogP contribution in [0.1, 0.15) is 12.7 Å². The topological polar surface area (TPSA) is 77.6 Å². The second kappa shape index (κ2) is 4.77. The standard InChI is InChI=1S/C10H14N6O/c1-3-16-12-6-9(14-16)13-10(17)7-15-5-4-11-8(15)2/h4-6H,3,7H2,1-2H3,(H,13,14,17). The third kappa shape index (κ3) is 2.68. The molecule has 0 fully saturated rings. The predicted octanol–water partition coefficient (Wildman–Crippen LogP) is 0.442. The summed E-state index contributed by atoms with van der Waals surface area (Å²) in [6.07, 6.45) is 4.95. The SMILES string of the molecule is CCn1ncc(NC(=O)Cn2ccnc2C)n1. The Hall–Kier alpha value is -2.18. The van der Waals surface area contributed by atoms with Crippen LogP contribution in [0.25, 0.3) is 0 Å². The lowest BCUT2D eigenvalue weighted by Gasteiger charge is -2.04. The molecule has 0 aliphatic rings. The highest BCUT2D eigenvalue weighted by Gasteiger charge is 2.07. The van der Waals surface area contributed by atoms with E-state index in [0.29, 0.717) is 12.4 Å². The molecule has 2 aromatic heterocycles. The van der Waals surface area contributed by atoms with Crippen molar-refractivity contribution in [2.24, 2.45) is 0 Å². The molecule has 0 atom stereocenters. The molecule has 0 radical (unpaired) electrons. The highest BCUT2D eigenvalue weighted by Crippen LogP contribution is 2.01. The summed E-state index contributed by atoms with van der Waals surface area (Å²) in [5.41, 5.74) is 0. The van der Waals surface area contributed by atoms with Crippen molar-refractivity contribution < 1.29 is 4.79 Å². The molecule has 7 heteroatoms. The Balaban J connectivity index is 1.95. The van der Waals surface area contributed by atoms with Gasteiger partial charge in [-0.25, -0.2) is 4.98 Å². The largest absolute Gasteiger partial charge is 0.326 e. The molecule has 7 nitrogen and oxygen atoms in total. The van der Waals surface area contributed by atoms with E-state index < -0.39 is 0 Å². The number of aryl methyl sites for hydroxylation is 2. The first-order valence-corrected chi connectivity index (χ1v) is 5.36. The fraction of sp³-hybridized carbons (Fsp3) is 0.400. The number of aromatic nitrogens is 5. The van der Waals surface area contributed by atoms with Gasteiger partial charge < -0.3 is 9.88 Å². The van der Waals surface area contributed by atoms with Crippen LogP contribution in [-0.4, -0.2) is 30.5 Å². The summed E-state index contributed by atoms with van der Waals surface area (Å²) in [7, 11) is 0. The smallest absolute Gasteiger partial charge is 0.245 e. The van der Waals surface area contributed by atoms with Crippen molar-refractivity contribution in [3.05, 3.63) is 24.4 Å². The third-order valence-corrected chi connectivity index (χ3v) is 2.32. The average molecular weight is 234 g/mol. The maximum Gasteiger partial charge on any atom is 0.245 e. The molecule has 0 unspecified atom stereocenters. The van der Waals surface area contributed by atoms with Crippen LogP contribution in [-0.2, 0) is 17.9 Å². The van der Waals surface area contributed by atoms with Gasteiger partial charge in [-0.3, -0.25) is 4.79 Å². The van der Waals surface area contributed by atoms with Gasteiger partial charge in [0.15, 0.2) is 5.82 Å². The number of nitrogens with one attached hydrogen (secondary N) is 1. The van der Waals surface area contributed by atoms with Crippen LogP contribution >= 0.6 is 0 Å². The Labute approximate surface area is 98.5 Å². The zero-order chi connectivity index (χ0) is 12.3. The quantitative estimate of drug-likeness (QED) is 0.832. The van der Waals surface area contributed by atoms with Crippen LogP contribution in [0.3, 0.4) is 0 Å². The van der Waals surface area contributed by atoms with Crippen LogP contribution in [0.5, 0.6) is 0 Å². The van der Waals surface area contributed by atoms with Crippen molar-refractivity contribution in [2.45, 2.75) is 26.9 Å². The first-order chi connectivity index (χ1) is 8.19. The van der Waals surface area contributed by atoms with E-state index in [0.717, 1.165) is 5.82 Å². The van der Waals surface area contributed by atoms with Gasteiger partial charge in [-0.1, -0.05) is 0 Å². The zero-order valence-electron chi connectivity index (χ0n) is 9.79. The van der Waals surface area contributed by atoms with E-state index in [1.54, 1.807) is 17.0 Å². The number of nitrogens with zero attached hydrogens (tertiary/aromatic N) is 5. The maximum absolute atomic E-state index is 11.7. The second-order valence-corrected chi connectivity index (χ2v) is 3.57. The monoisotopic (exact) mass is 234 g/mol. The molecule has 0 aliphatic heterocycles. The number of rotatable bonds is 4. The summed E-state index contributed by atoms with van der Waals surface area (Å²) >= 11 is 0. The van der Waals surface area contributed by atoms with Gasteiger partial charge in [0.05, 0.1) is 12.7 Å². The second-order valence-electron chi connectivity index (χ2n) is 3.57. The van der Waals surface area contributed by atoms with Gasteiger partial charge >= 0.3 is 0 Å². The number of carbonyl (C=O) groups excluding carboxylic acids is 1. The van der Waals surface area contributed by atoms with E-state index >= 15 is 0 Å². The number of hydrogen-bond donors (Lipinski definition) is 1. The lowest BCUT2D eigenvalue weighted by Crippen LogP contribution is -2.19. The first kappa shape index (κ1) is 11.3. The first-order valence-electron chi connectivity index (χ1n) is 5.36. The van der Waals surface area contributed by atoms with E-state index in [9.17, 15) is 4.79 Å². The highest BCUT2D eigenvalue weighted by atomic mass is 16.2. The Kier molecular flexibility index (Phi) is 3.17. The number of amides is 1. The molecular weight excluding hydrogens is 220 g/mol. The van der Waals surface area contributed by atoms with Crippen LogP contribution in [0.15, 0.2) is 18.6 Å². The van der Waals surface area contributed by atoms with Gasteiger partial charge in [-0.2, -0.15) is 9.90 Å². The molecule has 0 bridgehead atoms. The summed E-state index contributed by atoms with van der Waals surface area (Å²) in [5.74, 6) is 1.13. The molecule has 0 saturated carbocycles. The summed E-state index contributed by atoms with van der Waals surface area (Å²) in [6.45, 7) is 4.68. The van der Waals surface area contributed by atoms with Gasteiger partial charge in [0.2, 0.25) is 5.91 Å². The Morgan fingerprint density at radius 1 is 1.53 bits per heavy atom. The van der Waals surface area contributed by atoms with E-state index in [-0.39, 0.29) is 12.5 Å². The minimum atomic E-state index is -0.144. The minimum absolute atomic E-state index is 0.144. The molecule has 2 heterocycles. The predicted molar refractivity (Wildman–Crippen MR) is 61.3 cm³/mol. The van der Waals surface area contributed by atoms with Crippen molar-refractivity contribution in [1.82, 2.24) is 24.5 Å². The lowest BCUT2D eigenvalue weighted by atomic mass is 10.5. The van der Waals surface area contributed by atoms with Crippen molar-refractivity contribution in [1.29, 1.82) is 0 Å². The van der Waals surface area contributed by atoms with Crippen LogP contribution < -0.4 is 5.32 Å². The van der Waals surface area contributed by atoms with Gasteiger partial charge in [-0.05, 0) is 13.8 Å². The number of imidazole rings is 1. The summed E-state index contributed by atoms with van der Waals surface area (Å²) in [6, 6.07) is 0. The molecular formula is C10H14N6O. The number of carbonyl (C=O) groups is 1. The van der Waals surface area contributed by atoms with Gasteiger partial charge in [0.25, 0.3) is 0 Å². The molecule has 90 valence electrons. The van der Waals surface area contributed by atoms with Crippen molar-refractivity contribution in [3.8, 4) is 0 Å². The van der Waals surface area contributed by atoms with E-state index in [4.69, 9.17) is 0 Å². The van der Waals surface area contributed by atoms with Crippen LogP contribution in [0.2, 0.25) is 0 Å². The molecule has 17 heavy (non-hydrogen) atoms. The summed E-state index contributed by atoms with van der Waals surface area (Å²) in [5, 5.41) is 10.7. The molecule has 2 rings (SSSR count). The molecule has 2 aromatic rings. The zero-order valence-corrected chi connectivity index (χ0v) is 9.79. The van der Waals surface area contributed by atoms with Crippen molar-refractivity contribution in [2.75, 3.05) is 5.32 Å². The molecule has 0 aromatic carbocycles. The Bertz CT molecular complexity index is 514. The summed E-state index contributed by atoms with van der Waals surface area (Å²) < 4.78 is 1.76. The molecule has 0 spiro atoms. The van der Waals surface area contributed by atoms with E-state index in [1.807, 2.05) is 13.8 Å². The highest BCUT2D eigenvalue weighted by molar-refractivity contribution is 5.89. The van der Waals surface area contributed by atoms with E-state index in [2.05, 4.69) is 20.5 Å². The fourth-order valence-corrected chi connectivity index (χ4v) is 1.41. The van der Waals surface area contributed by atoms with Gasteiger partial charge in [-0.15, -0.1) is 5.10 Å². The van der Waals surface area contributed by atoms with Crippen LogP contribution in [0.4, 0.5) is 5.82 Å². The van der Waals surface area contributed by atoms with E-state index in [1.165, 1.54) is 11.0 Å².